The Kier molecular flexibility index (Phi) is 5.89. The maximum absolute atomic E-state index is 13.2. The summed E-state index contributed by atoms with van der Waals surface area (Å²) in [5.74, 6) is 8.34. The lowest BCUT2D eigenvalue weighted by molar-refractivity contribution is 0.0696. The monoisotopic (exact) mass is 531 g/mol. The molecular weight excluding hydrogens is 494 g/mol. The molecule has 11 nitrogen and oxygen atoms in total. The zero-order chi connectivity index (χ0) is 26.8. The third-order valence-electron chi connectivity index (χ3n) is 9.35. The second-order valence-corrected chi connectivity index (χ2v) is 12.1. The molecule has 5 aliphatic rings. The zero-order valence-corrected chi connectivity index (χ0v) is 22.6. The first-order valence-electron chi connectivity index (χ1n) is 14.2. The molecule has 2 saturated heterocycles. The van der Waals surface area contributed by atoms with E-state index in [1.165, 1.54) is 24.3 Å². The van der Waals surface area contributed by atoms with Crippen molar-refractivity contribution in [3.63, 3.8) is 0 Å². The third kappa shape index (κ3) is 4.19. The lowest BCUT2D eigenvalue weighted by Gasteiger charge is -2.33. The lowest BCUT2D eigenvalue weighted by atomic mass is 9.95. The van der Waals surface area contributed by atoms with Crippen molar-refractivity contribution >= 4 is 23.8 Å². The second kappa shape index (κ2) is 9.34. The van der Waals surface area contributed by atoms with Crippen molar-refractivity contribution in [1.82, 2.24) is 30.0 Å². The zero-order valence-electron chi connectivity index (χ0n) is 22.6. The number of pyridine rings is 1. The number of likely N-dealkylation sites (tertiary alicyclic amines) is 1. The predicted octanol–water partition coefficient (Wildman–Crippen LogP) is 0.147. The number of nitrogens with two attached hydrogens (primary N) is 1. The predicted molar refractivity (Wildman–Crippen MR) is 146 cm³/mol. The van der Waals surface area contributed by atoms with E-state index in [-0.39, 0.29) is 17.9 Å². The van der Waals surface area contributed by atoms with Crippen LogP contribution in [0.25, 0.3) is 6.20 Å². The Morgan fingerprint density at radius 1 is 1.08 bits per heavy atom. The van der Waals surface area contributed by atoms with Crippen molar-refractivity contribution in [2.75, 3.05) is 32.2 Å². The molecule has 0 spiro atoms. The highest BCUT2D eigenvalue weighted by atomic mass is 16.2. The number of piperazine rings is 1. The highest BCUT2D eigenvalue weighted by Crippen LogP contribution is 2.50. The summed E-state index contributed by atoms with van der Waals surface area (Å²) < 4.78 is 2.18. The van der Waals surface area contributed by atoms with Gasteiger partial charge in [-0.15, -0.1) is 0 Å². The number of amides is 2. The van der Waals surface area contributed by atoms with E-state index in [1.54, 1.807) is 37.3 Å². The summed E-state index contributed by atoms with van der Waals surface area (Å²) in [6.07, 6.45) is 9.95. The van der Waals surface area contributed by atoms with Crippen LogP contribution in [0.5, 0.6) is 0 Å². The summed E-state index contributed by atoms with van der Waals surface area (Å²) in [4.78, 5) is 39.4. The van der Waals surface area contributed by atoms with Crippen LogP contribution in [0.2, 0.25) is 0 Å². The molecule has 6 atom stereocenters. The smallest absolute Gasteiger partial charge is 0.270 e. The van der Waals surface area contributed by atoms with Gasteiger partial charge in [-0.1, -0.05) is 6.42 Å². The highest BCUT2D eigenvalue weighted by molar-refractivity contribution is 5.94. The maximum atomic E-state index is 13.2. The molecule has 2 amide bonds. The average Bonchev–Trinajstić information content (AvgIpc) is 3.74. The number of nitrogens with one attached hydrogen (secondary N) is 2. The Bertz CT molecular complexity index is 1410. The van der Waals surface area contributed by atoms with Gasteiger partial charge in [0.15, 0.2) is 0 Å². The van der Waals surface area contributed by atoms with Crippen LogP contribution in [0.15, 0.2) is 29.4 Å². The molecule has 2 aromatic rings. The fraction of sp³-hybridized carbons (Fsp3) is 0.571. The normalized spacial score (nSPS) is 30.3. The fourth-order valence-electron chi connectivity index (χ4n) is 7.43. The number of nitrogens with zero attached hydrogens (tertiary/aromatic N) is 6. The van der Waals surface area contributed by atoms with Gasteiger partial charge in [0.1, 0.15) is 17.0 Å². The molecule has 4 fully saturated rings. The van der Waals surface area contributed by atoms with Crippen molar-refractivity contribution in [1.29, 1.82) is 0 Å². The molecule has 39 heavy (non-hydrogen) atoms. The summed E-state index contributed by atoms with van der Waals surface area (Å²) in [6, 6.07) is 6.57. The molecule has 5 heterocycles. The van der Waals surface area contributed by atoms with E-state index in [2.05, 4.69) is 20.2 Å². The number of carbonyl (C=O) groups excluding carboxylic acids is 2. The Hall–Kier alpha value is -3.44. The SMILES string of the molecule is CN(C)C(=O)c1cc2c(n1[C@H]1C[C@@H]3CC[C@H]1C3)=NC(N(N)c1ccc(C(=O)N3CC4CCC(C3)N4)cn1)NC=2. The Balaban J connectivity index is 1.15. The minimum Gasteiger partial charge on any atom is -0.351 e. The van der Waals surface area contributed by atoms with Gasteiger partial charge in [-0.2, -0.15) is 0 Å². The molecular formula is C28H37N9O2. The van der Waals surface area contributed by atoms with Crippen molar-refractivity contribution in [3.8, 4) is 0 Å². The van der Waals surface area contributed by atoms with Crippen molar-refractivity contribution < 1.29 is 9.59 Å². The Labute approximate surface area is 227 Å². The summed E-state index contributed by atoms with van der Waals surface area (Å²) in [5, 5.41) is 9.19. The van der Waals surface area contributed by atoms with Gasteiger partial charge in [0.25, 0.3) is 11.8 Å². The Morgan fingerprint density at radius 3 is 2.51 bits per heavy atom. The van der Waals surface area contributed by atoms with Crippen LogP contribution in [-0.4, -0.2) is 76.7 Å². The lowest BCUT2D eigenvalue weighted by Crippen LogP contribution is -2.53. The standard InChI is InChI=1S/C28H37N9O2/c1-34(2)27(39)23-11-19-13-31-28(33-25(19)36(23)22-10-16-3-4-17(22)9-16)37(29)24-8-5-18(12-30-24)26(38)35-14-20-6-7-21(15-35)32-20/h5,8,11-13,16-17,20-22,28,31-32H,3-4,6-7,9-10,14-15,29H2,1-2H3/t16-,17+,20?,21?,22+,28?/m1/s1. The molecule has 206 valence electrons. The van der Waals surface area contributed by atoms with Gasteiger partial charge in [-0.05, 0) is 62.1 Å². The van der Waals surface area contributed by atoms with E-state index < -0.39 is 6.29 Å². The first-order valence-corrected chi connectivity index (χ1v) is 14.2. The van der Waals surface area contributed by atoms with Crippen molar-refractivity contribution in [2.24, 2.45) is 22.7 Å². The molecule has 2 aromatic heterocycles. The summed E-state index contributed by atoms with van der Waals surface area (Å²) >= 11 is 0. The second-order valence-electron chi connectivity index (χ2n) is 12.1. The topological polar surface area (TPSA) is 124 Å². The largest absolute Gasteiger partial charge is 0.351 e. The van der Waals surface area contributed by atoms with E-state index in [4.69, 9.17) is 10.8 Å². The summed E-state index contributed by atoms with van der Waals surface area (Å²) in [7, 11) is 3.57. The third-order valence-corrected chi connectivity index (χ3v) is 9.35. The van der Waals surface area contributed by atoms with E-state index in [0.29, 0.717) is 35.1 Å². The quantitative estimate of drug-likeness (QED) is 0.371. The van der Waals surface area contributed by atoms with E-state index in [9.17, 15) is 9.59 Å². The van der Waals surface area contributed by atoms with Crippen molar-refractivity contribution in [3.05, 3.63) is 46.4 Å². The van der Waals surface area contributed by atoms with Gasteiger partial charge >= 0.3 is 0 Å². The fourth-order valence-corrected chi connectivity index (χ4v) is 7.43. The molecule has 7 rings (SSSR count). The first kappa shape index (κ1) is 24.6. The van der Waals surface area contributed by atoms with Gasteiger partial charge in [-0.25, -0.2) is 15.8 Å². The first-order chi connectivity index (χ1) is 18.9. The number of hydrazine groups is 1. The van der Waals surface area contributed by atoms with E-state index in [0.717, 1.165) is 49.0 Å². The molecule has 3 unspecified atom stereocenters. The minimum absolute atomic E-state index is 0.0104. The van der Waals surface area contributed by atoms with Gasteiger partial charge in [0.05, 0.1) is 5.56 Å². The van der Waals surface area contributed by atoms with Crippen LogP contribution in [0.1, 0.15) is 65.4 Å². The molecule has 0 radical (unpaired) electrons. The van der Waals surface area contributed by atoms with Crippen LogP contribution in [0.3, 0.4) is 0 Å². The van der Waals surface area contributed by atoms with Gasteiger partial charge in [0.2, 0.25) is 6.29 Å². The van der Waals surface area contributed by atoms with Crippen molar-refractivity contribution in [2.45, 2.75) is 62.9 Å². The number of rotatable bonds is 5. The number of aromatic nitrogens is 2. The van der Waals surface area contributed by atoms with Gasteiger partial charge in [-0.3, -0.25) is 14.6 Å². The summed E-state index contributed by atoms with van der Waals surface area (Å²) in [5.41, 5.74) is 2.03. The number of fused-ring (bicyclic) bond motifs is 5. The maximum Gasteiger partial charge on any atom is 0.270 e. The molecule has 4 bridgehead atoms. The number of hydrogen-bond donors (Lipinski definition) is 3. The number of hydrogen-bond acceptors (Lipinski definition) is 8. The molecule has 0 aromatic carbocycles. The van der Waals surface area contributed by atoms with E-state index in [1.807, 2.05) is 17.2 Å². The minimum atomic E-state index is -0.593. The van der Waals surface area contributed by atoms with Crippen LogP contribution < -0.4 is 32.2 Å². The summed E-state index contributed by atoms with van der Waals surface area (Å²) in [6.45, 7) is 1.48. The molecule has 3 aliphatic heterocycles. The molecule has 2 saturated carbocycles. The van der Waals surface area contributed by atoms with Crippen LogP contribution in [-0.2, 0) is 0 Å². The van der Waals surface area contributed by atoms with Gasteiger partial charge < -0.3 is 25.0 Å². The van der Waals surface area contributed by atoms with Crippen LogP contribution >= 0.6 is 0 Å². The molecule has 4 N–H and O–H groups in total. The van der Waals surface area contributed by atoms with Gasteiger partial charge in [0, 0.05) is 62.9 Å². The number of carbonyl (C=O) groups is 2. The average molecular weight is 532 g/mol. The van der Waals surface area contributed by atoms with Crippen LogP contribution in [0.4, 0.5) is 5.82 Å². The molecule has 2 aliphatic carbocycles. The number of anilines is 1. The highest BCUT2D eigenvalue weighted by Gasteiger charge is 2.42. The van der Waals surface area contributed by atoms with E-state index >= 15 is 0 Å². The van der Waals surface area contributed by atoms with Crippen LogP contribution in [0, 0.1) is 11.8 Å². The molecule has 11 heteroatoms. The Morgan fingerprint density at radius 2 is 1.87 bits per heavy atom.